The monoisotopic (exact) mass is 242 g/mol. The molecule has 1 saturated heterocycles. The van der Waals surface area contributed by atoms with Crippen molar-refractivity contribution < 1.29 is 14.7 Å². The molecule has 0 amide bonds. The first-order valence-corrected chi connectivity index (χ1v) is 6.33. The van der Waals surface area contributed by atoms with E-state index in [-0.39, 0.29) is 5.78 Å². The van der Waals surface area contributed by atoms with Crippen molar-refractivity contribution in [2.24, 2.45) is 5.16 Å². The SMILES string of the molecule is O=C(/C=N/O)CCCCCCN1CCOCC1. The summed E-state index contributed by atoms with van der Waals surface area (Å²) in [6.45, 7) is 4.94. The molecule has 0 aromatic rings. The summed E-state index contributed by atoms with van der Waals surface area (Å²) in [7, 11) is 0. The molecule has 98 valence electrons. The van der Waals surface area contributed by atoms with E-state index in [9.17, 15) is 4.79 Å². The normalized spacial score (nSPS) is 17.6. The largest absolute Gasteiger partial charge is 0.411 e. The fraction of sp³-hybridized carbons (Fsp3) is 0.833. The number of hydrogen-bond acceptors (Lipinski definition) is 5. The van der Waals surface area contributed by atoms with Crippen molar-refractivity contribution in [1.29, 1.82) is 0 Å². The summed E-state index contributed by atoms with van der Waals surface area (Å²) in [4.78, 5) is 13.4. The van der Waals surface area contributed by atoms with Gasteiger partial charge in [-0.15, -0.1) is 0 Å². The minimum Gasteiger partial charge on any atom is -0.411 e. The Morgan fingerprint density at radius 3 is 2.65 bits per heavy atom. The van der Waals surface area contributed by atoms with Gasteiger partial charge in [-0.1, -0.05) is 18.0 Å². The number of rotatable bonds is 8. The predicted molar refractivity (Wildman–Crippen MR) is 65.6 cm³/mol. The van der Waals surface area contributed by atoms with E-state index < -0.39 is 0 Å². The van der Waals surface area contributed by atoms with Crippen LogP contribution in [-0.4, -0.2) is 55.0 Å². The minimum absolute atomic E-state index is 0.0966. The highest BCUT2D eigenvalue weighted by molar-refractivity contribution is 6.27. The maximum Gasteiger partial charge on any atom is 0.177 e. The molecular weight excluding hydrogens is 220 g/mol. The summed E-state index contributed by atoms with van der Waals surface area (Å²) in [6, 6.07) is 0. The molecule has 0 aromatic heterocycles. The van der Waals surface area contributed by atoms with E-state index in [0.717, 1.165) is 58.3 Å². The van der Waals surface area contributed by atoms with Crippen LogP contribution >= 0.6 is 0 Å². The average Bonchev–Trinajstić information content (AvgIpc) is 2.35. The van der Waals surface area contributed by atoms with Crippen LogP contribution in [0.1, 0.15) is 32.1 Å². The summed E-state index contributed by atoms with van der Waals surface area (Å²) in [6.07, 6.45) is 5.75. The van der Waals surface area contributed by atoms with Crippen LogP contribution in [0.3, 0.4) is 0 Å². The number of Topliss-reactive ketones (excluding diaryl/α,β-unsaturated/α-hetero) is 1. The highest BCUT2D eigenvalue weighted by atomic mass is 16.5. The standard InChI is InChI=1S/C12H22N2O3/c15-12(11-13-16)5-3-1-2-4-6-14-7-9-17-10-8-14/h11,16H,1-10H2/b13-11+. The number of unbranched alkanes of at least 4 members (excludes halogenated alkanes) is 3. The second kappa shape index (κ2) is 9.13. The Balaban J connectivity index is 1.88. The number of morpholine rings is 1. The molecule has 0 saturated carbocycles. The summed E-state index contributed by atoms with van der Waals surface area (Å²) < 4.78 is 5.28. The molecule has 0 aliphatic carbocycles. The molecule has 0 radical (unpaired) electrons. The van der Waals surface area contributed by atoms with Crippen molar-refractivity contribution >= 4 is 12.0 Å². The molecule has 1 N–H and O–H groups in total. The number of ketones is 1. The summed E-state index contributed by atoms with van der Waals surface area (Å²) in [5.41, 5.74) is 0. The molecule has 1 aliphatic rings. The predicted octanol–water partition coefficient (Wildman–Crippen LogP) is 1.30. The lowest BCUT2D eigenvalue weighted by Crippen LogP contribution is -2.36. The number of hydrogen-bond donors (Lipinski definition) is 1. The molecule has 1 fully saturated rings. The second-order valence-corrected chi connectivity index (χ2v) is 4.33. The van der Waals surface area contributed by atoms with Crippen LogP contribution in [0.4, 0.5) is 0 Å². The first kappa shape index (κ1) is 14.1. The fourth-order valence-corrected chi connectivity index (χ4v) is 1.94. The van der Waals surface area contributed by atoms with Gasteiger partial charge >= 0.3 is 0 Å². The molecular formula is C12H22N2O3. The topological polar surface area (TPSA) is 62.1 Å². The molecule has 1 aliphatic heterocycles. The van der Waals surface area contributed by atoms with Gasteiger partial charge in [-0.05, 0) is 19.4 Å². The Morgan fingerprint density at radius 2 is 1.94 bits per heavy atom. The van der Waals surface area contributed by atoms with E-state index in [1.807, 2.05) is 0 Å². The molecule has 0 bridgehead atoms. The van der Waals surface area contributed by atoms with E-state index in [2.05, 4.69) is 10.1 Å². The van der Waals surface area contributed by atoms with Gasteiger partial charge in [-0.3, -0.25) is 9.69 Å². The van der Waals surface area contributed by atoms with Crippen molar-refractivity contribution in [2.45, 2.75) is 32.1 Å². The Bertz CT molecular complexity index is 238. The lowest BCUT2D eigenvalue weighted by atomic mass is 10.1. The van der Waals surface area contributed by atoms with Gasteiger partial charge < -0.3 is 9.94 Å². The van der Waals surface area contributed by atoms with Crippen molar-refractivity contribution in [2.75, 3.05) is 32.8 Å². The lowest BCUT2D eigenvalue weighted by Gasteiger charge is -2.26. The minimum atomic E-state index is -0.0966. The van der Waals surface area contributed by atoms with Crippen LogP contribution in [0.25, 0.3) is 0 Å². The zero-order chi connectivity index (χ0) is 12.3. The molecule has 1 rings (SSSR count). The van der Waals surface area contributed by atoms with Gasteiger partial charge in [0.1, 0.15) is 6.21 Å². The second-order valence-electron chi connectivity index (χ2n) is 4.33. The van der Waals surface area contributed by atoms with Crippen LogP contribution in [0.2, 0.25) is 0 Å². The summed E-state index contributed by atoms with van der Waals surface area (Å²) in [5, 5.41) is 10.9. The fourth-order valence-electron chi connectivity index (χ4n) is 1.94. The summed E-state index contributed by atoms with van der Waals surface area (Å²) in [5.74, 6) is -0.0966. The van der Waals surface area contributed by atoms with E-state index >= 15 is 0 Å². The average molecular weight is 242 g/mol. The van der Waals surface area contributed by atoms with Crippen LogP contribution in [0, 0.1) is 0 Å². The van der Waals surface area contributed by atoms with E-state index in [0.29, 0.717) is 6.42 Å². The van der Waals surface area contributed by atoms with Gasteiger partial charge in [0.05, 0.1) is 13.2 Å². The molecule has 0 unspecified atom stereocenters. The summed E-state index contributed by atoms with van der Waals surface area (Å²) >= 11 is 0. The van der Waals surface area contributed by atoms with Gasteiger partial charge in [0.25, 0.3) is 0 Å². The molecule has 1 heterocycles. The van der Waals surface area contributed by atoms with Gasteiger partial charge in [0.2, 0.25) is 0 Å². The molecule has 0 spiro atoms. The highest BCUT2D eigenvalue weighted by Crippen LogP contribution is 2.05. The van der Waals surface area contributed by atoms with Gasteiger partial charge in [-0.2, -0.15) is 0 Å². The van der Waals surface area contributed by atoms with Gasteiger partial charge in [0, 0.05) is 19.5 Å². The Labute approximate surface area is 102 Å². The molecule has 0 aromatic carbocycles. The zero-order valence-electron chi connectivity index (χ0n) is 10.3. The van der Waals surface area contributed by atoms with E-state index in [1.54, 1.807) is 0 Å². The third-order valence-corrected chi connectivity index (χ3v) is 2.95. The van der Waals surface area contributed by atoms with Gasteiger partial charge in [-0.25, -0.2) is 0 Å². The van der Waals surface area contributed by atoms with Crippen LogP contribution in [0.15, 0.2) is 5.16 Å². The smallest absolute Gasteiger partial charge is 0.177 e. The highest BCUT2D eigenvalue weighted by Gasteiger charge is 2.08. The Hall–Kier alpha value is -0.940. The Morgan fingerprint density at radius 1 is 1.24 bits per heavy atom. The van der Waals surface area contributed by atoms with Crippen molar-refractivity contribution in [3.8, 4) is 0 Å². The van der Waals surface area contributed by atoms with E-state index in [4.69, 9.17) is 9.94 Å². The molecule has 0 atom stereocenters. The number of nitrogens with zero attached hydrogens (tertiary/aromatic N) is 2. The number of oxime groups is 1. The third-order valence-electron chi connectivity index (χ3n) is 2.95. The number of carbonyl (C=O) groups excluding carboxylic acids is 1. The maximum atomic E-state index is 11.0. The number of carbonyl (C=O) groups is 1. The lowest BCUT2D eigenvalue weighted by molar-refractivity contribution is -0.112. The van der Waals surface area contributed by atoms with E-state index in [1.165, 1.54) is 6.42 Å². The molecule has 5 nitrogen and oxygen atoms in total. The van der Waals surface area contributed by atoms with Crippen molar-refractivity contribution in [1.82, 2.24) is 4.90 Å². The van der Waals surface area contributed by atoms with Crippen LogP contribution in [0.5, 0.6) is 0 Å². The first-order valence-electron chi connectivity index (χ1n) is 6.33. The van der Waals surface area contributed by atoms with Crippen LogP contribution in [-0.2, 0) is 9.53 Å². The first-order chi connectivity index (χ1) is 8.33. The maximum absolute atomic E-state index is 11.0. The third kappa shape index (κ3) is 7.07. The van der Waals surface area contributed by atoms with Crippen LogP contribution < -0.4 is 0 Å². The van der Waals surface area contributed by atoms with Gasteiger partial charge in [0.15, 0.2) is 5.78 Å². The molecule has 5 heteroatoms. The van der Waals surface area contributed by atoms with Crippen molar-refractivity contribution in [3.05, 3.63) is 0 Å². The Kier molecular flexibility index (Phi) is 7.58. The number of ether oxygens (including phenoxy) is 1. The zero-order valence-corrected chi connectivity index (χ0v) is 10.3. The quantitative estimate of drug-likeness (QED) is 0.301. The van der Waals surface area contributed by atoms with Crippen molar-refractivity contribution in [3.63, 3.8) is 0 Å². The molecule has 17 heavy (non-hydrogen) atoms.